The Balaban J connectivity index is 1.63. The number of hydrogen-bond donors (Lipinski definition) is 1. The zero-order valence-corrected chi connectivity index (χ0v) is 12.4. The molecule has 0 aromatic carbocycles. The summed E-state index contributed by atoms with van der Waals surface area (Å²) in [5.41, 5.74) is 0. The maximum Gasteiger partial charge on any atom is 0.122 e. The van der Waals surface area contributed by atoms with Crippen molar-refractivity contribution in [2.45, 2.75) is 51.1 Å². The molecule has 1 aromatic rings. The van der Waals surface area contributed by atoms with Gasteiger partial charge < -0.3 is 9.88 Å². The first-order valence-corrected chi connectivity index (χ1v) is 7.64. The van der Waals surface area contributed by atoms with Gasteiger partial charge in [0.2, 0.25) is 0 Å². The van der Waals surface area contributed by atoms with E-state index in [1.165, 1.54) is 38.5 Å². The lowest BCUT2D eigenvalue weighted by Gasteiger charge is -2.20. The molecule has 19 heavy (non-hydrogen) atoms. The third-order valence-corrected chi connectivity index (χ3v) is 4.11. The first kappa shape index (κ1) is 14.5. The molecule has 0 saturated heterocycles. The summed E-state index contributed by atoms with van der Waals surface area (Å²) in [4.78, 5) is 6.71. The molecule has 0 bridgehead atoms. The van der Waals surface area contributed by atoms with Crippen molar-refractivity contribution in [2.24, 2.45) is 7.05 Å². The Labute approximate surface area is 117 Å². The molecule has 0 amide bonds. The van der Waals surface area contributed by atoms with Gasteiger partial charge in [-0.2, -0.15) is 0 Å². The van der Waals surface area contributed by atoms with Crippen molar-refractivity contribution < 1.29 is 0 Å². The summed E-state index contributed by atoms with van der Waals surface area (Å²) in [5, 5.41) is 3.72. The summed E-state index contributed by atoms with van der Waals surface area (Å²) >= 11 is 0. The lowest BCUT2D eigenvalue weighted by molar-refractivity contribution is 0.302. The molecule has 4 heteroatoms. The summed E-state index contributed by atoms with van der Waals surface area (Å²) in [6.07, 6.45) is 12.3. The van der Waals surface area contributed by atoms with Crippen LogP contribution in [-0.4, -0.2) is 40.6 Å². The van der Waals surface area contributed by atoms with E-state index in [1.807, 2.05) is 12.4 Å². The quantitative estimate of drug-likeness (QED) is 0.799. The Morgan fingerprint density at radius 1 is 1.32 bits per heavy atom. The average molecular weight is 264 g/mol. The molecule has 1 fully saturated rings. The van der Waals surface area contributed by atoms with E-state index in [9.17, 15) is 0 Å². The number of imidazole rings is 1. The lowest BCUT2D eigenvalue weighted by Crippen LogP contribution is -2.35. The van der Waals surface area contributed by atoms with Crippen molar-refractivity contribution in [1.29, 1.82) is 0 Å². The van der Waals surface area contributed by atoms with Crippen molar-refractivity contribution in [1.82, 2.24) is 19.8 Å². The van der Waals surface area contributed by atoms with Crippen molar-refractivity contribution in [3.8, 4) is 0 Å². The Hall–Kier alpha value is -0.870. The highest BCUT2D eigenvalue weighted by Crippen LogP contribution is 2.16. The van der Waals surface area contributed by atoms with Crippen LogP contribution in [0.1, 0.15) is 44.3 Å². The number of nitrogens with one attached hydrogen (secondary N) is 1. The molecule has 4 nitrogen and oxygen atoms in total. The topological polar surface area (TPSA) is 33.1 Å². The molecule has 1 aliphatic rings. The molecule has 0 spiro atoms. The van der Waals surface area contributed by atoms with Crippen LogP contribution in [0.5, 0.6) is 0 Å². The summed E-state index contributed by atoms with van der Waals surface area (Å²) in [6, 6.07) is 0.754. The van der Waals surface area contributed by atoms with Crippen LogP contribution in [0.4, 0.5) is 0 Å². The molecule has 108 valence electrons. The maximum atomic E-state index is 4.37. The van der Waals surface area contributed by atoms with Crippen molar-refractivity contribution in [3.63, 3.8) is 0 Å². The molecule has 1 aliphatic carbocycles. The lowest BCUT2D eigenvalue weighted by atomic mass is 10.1. The van der Waals surface area contributed by atoms with E-state index < -0.39 is 0 Å². The van der Waals surface area contributed by atoms with E-state index in [-0.39, 0.29) is 0 Å². The van der Waals surface area contributed by atoms with Crippen LogP contribution in [0.15, 0.2) is 12.4 Å². The van der Waals surface area contributed by atoms with E-state index in [0.29, 0.717) is 0 Å². The van der Waals surface area contributed by atoms with Crippen LogP contribution >= 0.6 is 0 Å². The van der Waals surface area contributed by atoms with E-state index >= 15 is 0 Å². The molecule has 2 rings (SSSR count). The normalized spacial score (nSPS) is 17.8. The second-order valence-corrected chi connectivity index (χ2v) is 5.83. The van der Waals surface area contributed by atoms with Gasteiger partial charge in [0.25, 0.3) is 0 Å². The molecule has 0 radical (unpaired) electrons. The largest absolute Gasteiger partial charge is 0.337 e. The van der Waals surface area contributed by atoms with Gasteiger partial charge in [-0.1, -0.05) is 25.7 Å². The van der Waals surface area contributed by atoms with Crippen molar-refractivity contribution >= 4 is 0 Å². The summed E-state index contributed by atoms with van der Waals surface area (Å²) < 4.78 is 2.09. The minimum Gasteiger partial charge on any atom is -0.337 e. The zero-order valence-electron chi connectivity index (χ0n) is 12.4. The van der Waals surface area contributed by atoms with Crippen molar-refractivity contribution in [3.05, 3.63) is 18.2 Å². The Bertz CT molecular complexity index is 353. The highest BCUT2D eigenvalue weighted by Gasteiger charge is 2.11. The Morgan fingerprint density at radius 3 is 2.68 bits per heavy atom. The standard InChI is InChI=1S/C15H28N4/c1-18(13-15-17-10-12-19(15)2)11-9-16-14-7-5-3-4-6-8-14/h10,12,14,16H,3-9,11,13H2,1-2H3. The molecular weight excluding hydrogens is 236 g/mol. The Morgan fingerprint density at radius 2 is 2.05 bits per heavy atom. The van der Waals surface area contributed by atoms with Crippen LogP contribution in [0, 0.1) is 0 Å². The Kier molecular flexibility index (Phi) is 5.86. The van der Waals surface area contributed by atoms with Gasteiger partial charge in [0.05, 0.1) is 6.54 Å². The average Bonchev–Trinajstić information content (AvgIpc) is 2.66. The predicted octanol–water partition coefficient (Wildman–Crippen LogP) is 2.16. The maximum absolute atomic E-state index is 4.37. The van der Waals surface area contributed by atoms with Gasteiger partial charge in [-0.25, -0.2) is 4.98 Å². The first-order valence-electron chi connectivity index (χ1n) is 7.64. The number of aromatic nitrogens is 2. The smallest absolute Gasteiger partial charge is 0.122 e. The minimum atomic E-state index is 0.754. The highest BCUT2D eigenvalue weighted by atomic mass is 15.2. The number of aryl methyl sites for hydroxylation is 1. The third kappa shape index (κ3) is 4.96. The molecule has 0 aliphatic heterocycles. The fourth-order valence-electron chi connectivity index (χ4n) is 2.81. The summed E-state index contributed by atoms with van der Waals surface area (Å²) in [6.45, 7) is 3.10. The van der Waals surface area contributed by atoms with E-state index in [0.717, 1.165) is 31.5 Å². The number of hydrogen-bond acceptors (Lipinski definition) is 3. The van der Waals surface area contributed by atoms with Gasteiger partial charge in [-0.3, -0.25) is 4.90 Å². The van der Waals surface area contributed by atoms with Gasteiger partial charge >= 0.3 is 0 Å². The molecule has 0 unspecified atom stereocenters. The van der Waals surface area contributed by atoms with E-state index in [2.05, 4.69) is 33.9 Å². The number of likely N-dealkylation sites (N-methyl/N-ethyl adjacent to an activating group) is 1. The predicted molar refractivity (Wildman–Crippen MR) is 79.0 cm³/mol. The van der Waals surface area contributed by atoms with Crippen LogP contribution in [-0.2, 0) is 13.6 Å². The zero-order chi connectivity index (χ0) is 13.5. The molecule has 1 saturated carbocycles. The molecule has 0 atom stereocenters. The van der Waals surface area contributed by atoms with Gasteiger partial charge in [0, 0.05) is 38.6 Å². The third-order valence-electron chi connectivity index (χ3n) is 4.11. The number of rotatable bonds is 6. The van der Waals surface area contributed by atoms with Gasteiger partial charge in [0.15, 0.2) is 0 Å². The van der Waals surface area contributed by atoms with E-state index in [1.54, 1.807) is 0 Å². The van der Waals surface area contributed by atoms with Gasteiger partial charge in [0.1, 0.15) is 5.82 Å². The highest BCUT2D eigenvalue weighted by molar-refractivity contribution is 4.90. The van der Waals surface area contributed by atoms with Crippen molar-refractivity contribution in [2.75, 3.05) is 20.1 Å². The minimum absolute atomic E-state index is 0.754. The summed E-state index contributed by atoms with van der Waals surface area (Å²) in [5.74, 6) is 1.14. The fraction of sp³-hybridized carbons (Fsp3) is 0.800. The van der Waals surface area contributed by atoms with Crippen LogP contribution < -0.4 is 5.32 Å². The monoisotopic (exact) mass is 264 g/mol. The number of nitrogens with zero attached hydrogens (tertiary/aromatic N) is 3. The van der Waals surface area contributed by atoms with Crippen LogP contribution in [0.2, 0.25) is 0 Å². The fourth-order valence-corrected chi connectivity index (χ4v) is 2.81. The van der Waals surface area contributed by atoms with Crippen LogP contribution in [0.25, 0.3) is 0 Å². The van der Waals surface area contributed by atoms with Crippen LogP contribution in [0.3, 0.4) is 0 Å². The molecule has 1 heterocycles. The summed E-state index contributed by atoms with van der Waals surface area (Å²) in [7, 11) is 4.23. The second kappa shape index (κ2) is 7.65. The first-order chi connectivity index (χ1) is 9.25. The molecule has 1 aromatic heterocycles. The SMILES string of the molecule is CN(CCNC1CCCCCC1)Cc1nccn1C. The molecular formula is C15H28N4. The van der Waals surface area contributed by atoms with E-state index in [4.69, 9.17) is 0 Å². The second-order valence-electron chi connectivity index (χ2n) is 5.83. The van der Waals surface area contributed by atoms with Gasteiger partial charge in [-0.15, -0.1) is 0 Å². The van der Waals surface area contributed by atoms with Gasteiger partial charge in [-0.05, 0) is 19.9 Å². The molecule has 1 N–H and O–H groups in total.